The fraction of sp³-hybridized carbons (Fsp3) is 0.304. The maximum absolute atomic E-state index is 14.7. The molecule has 0 unspecified atom stereocenters. The molecule has 0 saturated carbocycles. The zero-order valence-corrected chi connectivity index (χ0v) is 19.1. The van der Waals surface area contributed by atoms with Gasteiger partial charge in [0.05, 0.1) is 37.7 Å². The van der Waals surface area contributed by atoms with Crippen molar-refractivity contribution in [1.29, 1.82) is 0 Å². The van der Waals surface area contributed by atoms with Crippen molar-refractivity contribution in [3.8, 4) is 0 Å². The lowest BCUT2D eigenvalue weighted by Crippen LogP contribution is -2.36. The Morgan fingerprint density at radius 3 is 2.70 bits per heavy atom. The molecule has 33 heavy (non-hydrogen) atoms. The van der Waals surface area contributed by atoms with E-state index in [1.54, 1.807) is 36.4 Å². The lowest BCUT2D eigenvalue weighted by Gasteiger charge is -2.29. The van der Waals surface area contributed by atoms with Gasteiger partial charge in [0.2, 0.25) is 5.91 Å². The Kier molecular flexibility index (Phi) is 7.37. The fourth-order valence-corrected chi connectivity index (χ4v) is 4.11. The maximum atomic E-state index is 14.7. The summed E-state index contributed by atoms with van der Waals surface area (Å²) < 4.78 is 25.3. The van der Waals surface area contributed by atoms with E-state index in [-0.39, 0.29) is 19.0 Å². The molecule has 0 aromatic heterocycles. The number of ether oxygens (including phenoxy) is 2. The van der Waals surface area contributed by atoms with Crippen LogP contribution in [0, 0.1) is 5.82 Å². The molecule has 1 N–H and O–H groups in total. The molecule has 0 radical (unpaired) electrons. The second-order valence-corrected chi connectivity index (χ2v) is 8.44. The highest BCUT2D eigenvalue weighted by molar-refractivity contribution is 6.35. The van der Waals surface area contributed by atoms with Crippen molar-refractivity contribution in [2.45, 2.75) is 6.10 Å². The molecule has 174 valence electrons. The largest absolute Gasteiger partial charge is 0.442 e. The van der Waals surface area contributed by atoms with Gasteiger partial charge < -0.3 is 19.7 Å². The summed E-state index contributed by atoms with van der Waals surface area (Å²) in [4.78, 5) is 27.7. The predicted octanol–water partition coefficient (Wildman–Crippen LogP) is 4.12. The molecule has 7 nitrogen and oxygen atoms in total. The molecule has 2 aromatic carbocycles. The van der Waals surface area contributed by atoms with E-state index in [1.165, 1.54) is 17.0 Å². The first-order valence-corrected chi connectivity index (χ1v) is 11.2. The van der Waals surface area contributed by atoms with Crippen molar-refractivity contribution in [3.05, 3.63) is 63.9 Å². The molecule has 0 aliphatic carbocycles. The average molecular weight is 494 g/mol. The molecule has 2 amide bonds. The van der Waals surface area contributed by atoms with Crippen LogP contribution in [0.2, 0.25) is 10.0 Å². The first-order valence-electron chi connectivity index (χ1n) is 10.4. The quantitative estimate of drug-likeness (QED) is 0.612. The molecule has 0 bridgehead atoms. The Bertz CT molecular complexity index is 1080. The minimum atomic E-state index is -0.587. The zero-order valence-electron chi connectivity index (χ0n) is 17.6. The Labute approximate surface area is 200 Å². The summed E-state index contributed by atoms with van der Waals surface area (Å²) in [6.07, 6.45) is 1.76. The van der Waals surface area contributed by atoms with Crippen LogP contribution in [0.3, 0.4) is 0 Å². The van der Waals surface area contributed by atoms with Gasteiger partial charge in [0.15, 0.2) is 0 Å². The van der Waals surface area contributed by atoms with E-state index in [0.29, 0.717) is 53.3 Å². The molecular weight excluding hydrogens is 472 g/mol. The average Bonchev–Trinajstić information content (AvgIpc) is 3.18. The van der Waals surface area contributed by atoms with E-state index in [9.17, 15) is 14.0 Å². The number of carbonyl (C=O) groups excluding carboxylic acids is 2. The monoisotopic (exact) mass is 493 g/mol. The topological polar surface area (TPSA) is 71.1 Å². The number of nitrogens with zero attached hydrogens (tertiary/aromatic N) is 2. The van der Waals surface area contributed by atoms with Crippen molar-refractivity contribution in [1.82, 2.24) is 5.32 Å². The molecule has 2 fully saturated rings. The van der Waals surface area contributed by atoms with Crippen molar-refractivity contribution in [3.63, 3.8) is 0 Å². The molecule has 2 aromatic rings. The molecule has 0 spiro atoms. The van der Waals surface area contributed by atoms with Gasteiger partial charge in [-0.05, 0) is 42.0 Å². The highest BCUT2D eigenvalue weighted by Gasteiger charge is 2.33. The number of anilines is 2. The predicted molar refractivity (Wildman–Crippen MR) is 126 cm³/mol. The van der Waals surface area contributed by atoms with Crippen molar-refractivity contribution < 1.29 is 23.5 Å². The van der Waals surface area contributed by atoms with Gasteiger partial charge in [-0.1, -0.05) is 29.3 Å². The third-order valence-electron chi connectivity index (χ3n) is 5.35. The molecule has 1 atom stereocenters. The number of rotatable bonds is 6. The van der Waals surface area contributed by atoms with Crippen molar-refractivity contribution in [2.75, 3.05) is 49.2 Å². The first kappa shape index (κ1) is 23.4. The molecule has 4 rings (SSSR count). The van der Waals surface area contributed by atoms with Gasteiger partial charge in [0, 0.05) is 29.2 Å². The van der Waals surface area contributed by atoms with Crippen LogP contribution in [0.4, 0.5) is 20.6 Å². The number of carbonyl (C=O) groups is 2. The van der Waals surface area contributed by atoms with Crippen LogP contribution >= 0.6 is 23.2 Å². The van der Waals surface area contributed by atoms with Crippen LogP contribution in [0.5, 0.6) is 0 Å². The van der Waals surface area contributed by atoms with Crippen LogP contribution in [0.25, 0.3) is 6.08 Å². The summed E-state index contributed by atoms with van der Waals surface area (Å²) in [6, 6.07) is 9.64. The lowest BCUT2D eigenvalue weighted by molar-refractivity contribution is -0.116. The van der Waals surface area contributed by atoms with Gasteiger partial charge in [-0.2, -0.15) is 0 Å². The highest BCUT2D eigenvalue weighted by Crippen LogP contribution is 2.28. The van der Waals surface area contributed by atoms with E-state index in [4.69, 9.17) is 32.7 Å². The molecule has 10 heteroatoms. The van der Waals surface area contributed by atoms with Crippen molar-refractivity contribution >= 4 is 52.7 Å². The smallest absolute Gasteiger partial charge is 0.414 e. The van der Waals surface area contributed by atoms with Gasteiger partial charge in [0.25, 0.3) is 0 Å². The van der Waals surface area contributed by atoms with E-state index in [1.807, 2.05) is 4.90 Å². The van der Waals surface area contributed by atoms with Gasteiger partial charge in [-0.3, -0.25) is 9.69 Å². The van der Waals surface area contributed by atoms with Crippen LogP contribution in [-0.2, 0) is 14.3 Å². The number of morpholine rings is 1. The number of amides is 2. The number of halogens is 3. The molecular formula is C23H22Cl2FN3O4. The minimum Gasteiger partial charge on any atom is -0.442 e. The maximum Gasteiger partial charge on any atom is 0.414 e. The van der Waals surface area contributed by atoms with Gasteiger partial charge in [0.1, 0.15) is 11.9 Å². The van der Waals surface area contributed by atoms with Gasteiger partial charge in [-0.25, -0.2) is 9.18 Å². The normalized spacial score (nSPS) is 18.6. The second-order valence-electron chi connectivity index (χ2n) is 7.60. The van der Waals surface area contributed by atoms with Crippen molar-refractivity contribution in [2.24, 2.45) is 0 Å². The summed E-state index contributed by atoms with van der Waals surface area (Å²) in [5.41, 5.74) is 1.53. The summed E-state index contributed by atoms with van der Waals surface area (Å²) in [5, 5.41) is 3.62. The lowest BCUT2D eigenvalue weighted by atomic mass is 10.2. The number of benzene rings is 2. The number of nitrogens with one attached hydrogen (secondary N) is 1. The van der Waals surface area contributed by atoms with E-state index in [2.05, 4.69) is 5.32 Å². The standard InChI is InChI=1S/C23H22Cl2FN3O4/c24-16-3-1-15(19(25)11-16)2-6-22(30)27-13-18-14-29(23(31)33-18)17-4-5-21(20(26)12-17)28-7-9-32-10-8-28/h1-6,11-12,18H,7-10,13-14H2,(H,27,30)/b6-2+/t18-/m0/s1. The van der Waals surface area contributed by atoms with Crippen LogP contribution < -0.4 is 15.1 Å². The minimum absolute atomic E-state index is 0.119. The molecule has 2 saturated heterocycles. The summed E-state index contributed by atoms with van der Waals surface area (Å²) in [5.74, 6) is -0.777. The van der Waals surface area contributed by atoms with E-state index < -0.39 is 18.0 Å². The van der Waals surface area contributed by atoms with Crippen LogP contribution in [0.15, 0.2) is 42.5 Å². The summed E-state index contributed by atoms with van der Waals surface area (Å²) in [7, 11) is 0. The summed E-state index contributed by atoms with van der Waals surface area (Å²) >= 11 is 11.9. The molecule has 2 aliphatic rings. The Morgan fingerprint density at radius 1 is 1.18 bits per heavy atom. The SMILES string of the molecule is O=C(/C=C/c1ccc(Cl)cc1Cl)NC[C@H]1CN(c2ccc(N3CCOCC3)c(F)c2)C(=O)O1. The third-order valence-corrected chi connectivity index (χ3v) is 5.91. The summed E-state index contributed by atoms with van der Waals surface area (Å²) in [6.45, 7) is 2.64. The zero-order chi connectivity index (χ0) is 23.4. The van der Waals surface area contributed by atoms with Crippen LogP contribution in [0.1, 0.15) is 5.56 Å². The number of hydrogen-bond donors (Lipinski definition) is 1. The highest BCUT2D eigenvalue weighted by atomic mass is 35.5. The van der Waals surface area contributed by atoms with Gasteiger partial charge >= 0.3 is 6.09 Å². The fourth-order valence-electron chi connectivity index (χ4n) is 3.64. The Hall–Kier alpha value is -2.81. The molecule has 2 heterocycles. The first-order chi connectivity index (χ1) is 15.9. The van der Waals surface area contributed by atoms with E-state index >= 15 is 0 Å². The Balaban J connectivity index is 1.32. The second kappa shape index (κ2) is 10.4. The van der Waals surface area contributed by atoms with E-state index in [0.717, 1.165) is 0 Å². The van der Waals surface area contributed by atoms with Crippen LogP contribution in [-0.4, -0.2) is 57.5 Å². The van der Waals surface area contributed by atoms with Gasteiger partial charge in [-0.15, -0.1) is 0 Å². The number of cyclic esters (lactones) is 1. The molecule has 2 aliphatic heterocycles. The number of hydrogen-bond acceptors (Lipinski definition) is 5. The Morgan fingerprint density at radius 2 is 1.97 bits per heavy atom. The third kappa shape index (κ3) is 5.76.